The lowest BCUT2D eigenvalue weighted by molar-refractivity contribution is -0.170. The van der Waals surface area contributed by atoms with Crippen LogP contribution < -0.4 is 15.4 Å². The number of hydrogen-bond donors (Lipinski definition) is 2. The second-order valence-electron chi connectivity index (χ2n) is 7.09. The summed E-state index contributed by atoms with van der Waals surface area (Å²) in [5, 5.41) is 4.30. The van der Waals surface area contributed by atoms with Gasteiger partial charge in [-0.25, -0.2) is 0 Å². The van der Waals surface area contributed by atoms with E-state index in [4.69, 9.17) is 0 Å². The number of benzene rings is 2. The van der Waals surface area contributed by atoms with E-state index in [1.807, 2.05) is 5.32 Å². The first-order chi connectivity index (χ1) is 14.6. The van der Waals surface area contributed by atoms with E-state index in [1.165, 1.54) is 18.2 Å². The molecule has 2 amide bonds. The highest BCUT2D eigenvalue weighted by Crippen LogP contribution is 2.30. The van der Waals surface area contributed by atoms with E-state index in [0.717, 1.165) is 5.56 Å². The molecule has 1 saturated heterocycles. The normalized spacial score (nSPS) is 19.1. The van der Waals surface area contributed by atoms with Crippen molar-refractivity contribution in [1.29, 1.82) is 0 Å². The van der Waals surface area contributed by atoms with Crippen LogP contribution >= 0.6 is 0 Å². The number of piperidine rings is 1. The second kappa shape index (κ2) is 9.32. The third-order valence-electron chi connectivity index (χ3n) is 4.87. The van der Waals surface area contributed by atoms with Gasteiger partial charge in [0.25, 0.3) is 0 Å². The van der Waals surface area contributed by atoms with Gasteiger partial charge in [0.2, 0.25) is 11.8 Å². The predicted octanol–water partition coefficient (Wildman–Crippen LogP) is 4.27. The summed E-state index contributed by atoms with van der Waals surface area (Å²) in [5.74, 6) is -3.13. The van der Waals surface area contributed by atoms with Gasteiger partial charge in [-0.3, -0.25) is 9.59 Å². The number of nitrogens with one attached hydrogen (secondary N) is 2. The van der Waals surface area contributed by atoms with Gasteiger partial charge in [-0.1, -0.05) is 30.3 Å². The van der Waals surface area contributed by atoms with Crippen LogP contribution in [0.4, 0.5) is 27.6 Å². The summed E-state index contributed by atoms with van der Waals surface area (Å²) in [6.07, 6.45) is -5.01. The zero-order valence-corrected chi connectivity index (χ0v) is 16.1. The number of hydrogen-bond acceptors (Lipinski definition) is 3. The van der Waals surface area contributed by atoms with Gasteiger partial charge in [-0.2, -0.15) is 22.0 Å². The molecule has 1 aliphatic heterocycles. The SMILES string of the molecule is O=C(Nc1ccc(OC(F)F)c(Cc2ccccc2)c1)C1CCC(C(F)(F)F)NC1=O. The van der Waals surface area contributed by atoms with E-state index in [0.29, 0.717) is 5.56 Å². The zero-order chi connectivity index (χ0) is 22.6. The second-order valence-corrected chi connectivity index (χ2v) is 7.09. The van der Waals surface area contributed by atoms with Gasteiger partial charge in [0.05, 0.1) is 0 Å². The molecule has 1 fully saturated rings. The Balaban J connectivity index is 1.74. The number of carbonyl (C=O) groups excluding carboxylic acids is 2. The molecule has 1 aliphatic rings. The fraction of sp³-hybridized carbons (Fsp3) is 0.333. The molecule has 1 heterocycles. The average Bonchev–Trinajstić information content (AvgIpc) is 2.69. The lowest BCUT2D eigenvalue weighted by Gasteiger charge is -2.29. The number of anilines is 1. The molecule has 2 N–H and O–H groups in total. The lowest BCUT2D eigenvalue weighted by atomic mass is 9.92. The molecule has 166 valence electrons. The molecule has 31 heavy (non-hydrogen) atoms. The minimum absolute atomic E-state index is 0.0692. The van der Waals surface area contributed by atoms with Crippen molar-refractivity contribution in [2.24, 2.45) is 5.92 Å². The molecule has 5 nitrogen and oxygen atoms in total. The fourth-order valence-corrected chi connectivity index (χ4v) is 3.36. The van der Waals surface area contributed by atoms with Crippen LogP contribution in [0.25, 0.3) is 0 Å². The highest BCUT2D eigenvalue weighted by atomic mass is 19.4. The van der Waals surface area contributed by atoms with Gasteiger partial charge in [-0.15, -0.1) is 0 Å². The van der Waals surface area contributed by atoms with Gasteiger partial charge in [0.1, 0.15) is 17.7 Å². The predicted molar refractivity (Wildman–Crippen MR) is 102 cm³/mol. The number of ether oxygens (including phenoxy) is 1. The fourth-order valence-electron chi connectivity index (χ4n) is 3.36. The van der Waals surface area contributed by atoms with E-state index in [2.05, 4.69) is 10.1 Å². The lowest BCUT2D eigenvalue weighted by Crippen LogP contribution is -2.53. The topological polar surface area (TPSA) is 67.4 Å². The number of halogens is 5. The molecule has 0 bridgehead atoms. The molecule has 10 heteroatoms. The van der Waals surface area contributed by atoms with Crippen LogP contribution in [0.5, 0.6) is 5.75 Å². The minimum atomic E-state index is -4.58. The first-order valence-corrected chi connectivity index (χ1v) is 9.43. The third kappa shape index (κ3) is 5.93. The molecule has 0 radical (unpaired) electrons. The van der Waals surface area contributed by atoms with Crippen molar-refractivity contribution < 1.29 is 36.3 Å². The molecule has 2 aromatic rings. The molecule has 3 rings (SSSR count). The molecular weight excluding hydrogens is 423 g/mol. The van der Waals surface area contributed by atoms with Crippen molar-refractivity contribution in [3.63, 3.8) is 0 Å². The third-order valence-corrected chi connectivity index (χ3v) is 4.87. The monoisotopic (exact) mass is 442 g/mol. The molecule has 2 aromatic carbocycles. The molecule has 0 aliphatic carbocycles. The zero-order valence-electron chi connectivity index (χ0n) is 16.1. The first-order valence-electron chi connectivity index (χ1n) is 9.43. The van der Waals surface area contributed by atoms with E-state index in [9.17, 15) is 31.5 Å². The molecule has 0 saturated carbocycles. The Kier molecular flexibility index (Phi) is 6.77. The average molecular weight is 442 g/mol. The maximum atomic E-state index is 12.8. The van der Waals surface area contributed by atoms with Crippen molar-refractivity contribution in [3.05, 3.63) is 59.7 Å². The number of carbonyl (C=O) groups is 2. The largest absolute Gasteiger partial charge is 0.435 e. The van der Waals surface area contributed by atoms with Crippen LogP contribution in [0.1, 0.15) is 24.0 Å². The Morgan fingerprint density at radius 3 is 2.45 bits per heavy atom. The maximum absolute atomic E-state index is 12.8. The summed E-state index contributed by atoms with van der Waals surface area (Å²) < 4.78 is 68.3. The van der Waals surface area contributed by atoms with Crippen molar-refractivity contribution in [3.8, 4) is 5.75 Å². The van der Waals surface area contributed by atoms with E-state index < -0.39 is 43.0 Å². The molecule has 0 aromatic heterocycles. The number of rotatable bonds is 6. The number of alkyl halides is 5. The highest BCUT2D eigenvalue weighted by molar-refractivity contribution is 6.07. The molecule has 2 unspecified atom stereocenters. The van der Waals surface area contributed by atoms with Crippen LogP contribution in [-0.4, -0.2) is 30.6 Å². The van der Waals surface area contributed by atoms with Crippen molar-refractivity contribution in [2.75, 3.05) is 5.32 Å². The van der Waals surface area contributed by atoms with Crippen molar-refractivity contribution in [1.82, 2.24) is 5.32 Å². The smallest absolute Gasteiger partial charge is 0.408 e. The quantitative estimate of drug-likeness (QED) is 0.519. The molecular formula is C21H19F5N2O3. The van der Waals surface area contributed by atoms with Crippen LogP contribution in [0, 0.1) is 5.92 Å². The summed E-state index contributed by atoms with van der Waals surface area (Å²) in [6.45, 7) is -3.04. The molecule has 0 spiro atoms. The Bertz CT molecular complexity index is 934. The minimum Gasteiger partial charge on any atom is -0.435 e. The highest BCUT2D eigenvalue weighted by Gasteiger charge is 2.45. The Morgan fingerprint density at radius 1 is 1.13 bits per heavy atom. The van der Waals surface area contributed by atoms with E-state index in [1.54, 1.807) is 30.3 Å². The van der Waals surface area contributed by atoms with Gasteiger partial charge in [0, 0.05) is 17.7 Å². The molecule has 2 atom stereocenters. The van der Waals surface area contributed by atoms with Crippen LogP contribution in [0.3, 0.4) is 0 Å². The van der Waals surface area contributed by atoms with Crippen molar-refractivity contribution in [2.45, 2.75) is 38.1 Å². The first kappa shape index (κ1) is 22.5. The standard InChI is InChI=1S/C21H19F5N2O3/c22-20(23)31-16-8-6-14(11-13(16)10-12-4-2-1-3-5-12)27-18(29)15-7-9-17(21(24,25)26)28-19(15)30/h1-6,8,11,15,17,20H,7,9-10H2,(H,27,29)(H,28,30). The van der Waals surface area contributed by atoms with Gasteiger partial charge in [-0.05, 0) is 36.6 Å². The van der Waals surface area contributed by atoms with Crippen molar-refractivity contribution >= 4 is 17.5 Å². The van der Waals surface area contributed by atoms with Gasteiger partial charge in [0.15, 0.2) is 0 Å². The summed E-state index contributed by atoms with van der Waals surface area (Å²) in [4.78, 5) is 24.5. The van der Waals surface area contributed by atoms with Gasteiger partial charge >= 0.3 is 12.8 Å². The summed E-state index contributed by atoms with van der Waals surface area (Å²) in [7, 11) is 0. The van der Waals surface area contributed by atoms with Gasteiger partial charge < -0.3 is 15.4 Å². The maximum Gasteiger partial charge on any atom is 0.408 e. The van der Waals surface area contributed by atoms with Crippen LogP contribution in [0.15, 0.2) is 48.5 Å². The van der Waals surface area contributed by atoms with Crippen LogP contribution in [-0.2, 0) is 16.0 Å². The number of amides is 2. The summed E-state index contributed by atoms with van der Waals surface area (Å²) in [6, 6.07) is 11.0. The van der Waals surface area contributed by atoms with E-state index in [-0.39, 0.29) is 24.3 Å². The summed E-state index contributed by atoms with van der Waals surface area (Å²) >= 11 is 0. The van der Waals surface area contributed by atoms with Crippen LogP contribution in [0.2, 0.25) is 0 Å². The summed E-state index contributed by atoms with van der Waals surface area (Å²) in [5.41, 5.74) is 1.40. The Morgan fingerprint density at radius 2 is 1.84 bits per heavy atom. The Labute approximate surface area is 174 Å². The van der Waals surface area contributed by atoms with E-state index >= 15 is 0 Å². The Hall–Kier alpha value is -3.17.